The first kappa shape index (κ1) is 12.8. The van der Waals surface area contributed by atoms with Gasteiger partial charge in [0.15, 0.2) is 0 Å². The molecular weight excluding hydrogens is 282 g/mol. The number of halogens is 1. The molecule has 0 bridgehead atoms. The predicted octanol–water partition coefficient (Wildman–Crippen LogP) is 3.70. The van der Waals surface area contributed by atoms with Crippen molar-refractivity contribution >= 4 is 15.9 Å². The number of ether oxygens (including phenoxy) is 2. The van der Waals surface area contributed by atoms with E-state index < -0.39 is 0 Å². The number of rotatable bonds is 4. The van der Waals surface area contributed by atoms with Crippen molar-refractivity contribution in [3.8, 4) is 5.88 Å². The van der Waals surface area contributed by atoms with Gasteiger partial charge in [0.2, 0.25) is 5.88 Å². The number of hydrogen-bond acceptors (Lipinski definition) is 3. The topological polar surface area (TPSA) is 31.4 Å². The minimum atomic E-state index is 0.410. The van der Waals surface area contributed by atoms with Crippen LogP contribution in [0.4, 0.5) is 0 Å². The predicted molar refractivity (Wildman–Crippen MR) is 70.2 cm³/mol. The molecule has 1 aromatic rings. The molecule has 0 atom stereocenters. The first-order valence-electron chi connectivity index (χ1n) is 6.09. The van der Waals surface area contributed by atoms with E-state index in [2.05, 4.69) is 20.9 Å². The summed E-state index contributed by atoms with van der Waals surface area (Å²) in [7, 11) is 1.64. The molecule has 0 N–H and O–H groups in total. The Morgan fingerprint density at radius 1 is 1.35 bits per heavy atom. The van der Waals surface area contributed by atoms with Crippen molar-refractivity contribution in [3.05, 3.63) is 22.3 Å². The Kier molecular flexibility index (Phi) is 4.80. The Morgan fingerprint density at radius 2 is 2.12 bits per heavy atom. The highest BCUT2D eigenvalue weighted by Crippen LogP contribution is 2.24. The second-order valence-corrected chi connectivity index (χ2v) is 5.31. The molecule has 17 heavy (non-hydrogen) atoms. The van der Waals surface area contributed by atoms with Gasteiger partial charge in [0.05, 0.1) is 19.8 Å². The average Bonchev–Trinajstić information content (AvgIpc) is 2.38. The normalized spacial score (nSPS) is 17.1. The van der Waals surface area contributed by atoms with Crippen molar-refractivity contribution in [2.45, 2.75) is 44.8 Å². The highest BCUT2D eigenvalue weighted by Gasteiger charge is 2.15. The van der Waals surface area contributed by atoms with Crippen LogP contribution < -0.4 is 4.74 Å². The summed E-state index contributed by atoms with van der Waals surface area (Å²) in [5, 5.41) is 0. The van der Waals surface area contributed by atoms with Crippen LogP contribution in [0, 0.1) is 0 Å². The zero-order valence-corrected chi connectivity index (χ0v) is 11.7. The molecule has 1 aromatic heterocycles. The van der Waals surface area contributed by atoms with Gasteiger partial charge in [-0.2, -0.15) is 0 Å². The summed E-state index contributed by atoms with van der Waals surface area (Å²) in [6.45, 7) is 0.584. The van der Waals surface area contributed by atoms with Crippen molar-refractivity contribution in [1.82, 2.24) is 4.98 Å². The van der Waals surface area contributed by atoms with Gasteiger partial charge < -0.3 is 9.47 Å². The molecule has 1 aliphatic carbocycles. The molecule has 4 heteroatoms. The maximum absolute atomic E-state index is 5.93. The van der Waals surface area contributed by atoms with Gasteiger partial charge in [0, 0.05) is 16.2 Å². The van der Waals surface area contributed by atoms with Gasteiger partial charge in [-0.25, -0.2) is 4.98 Å². The summed E-state index contributed by atoms with van der Waals surface area (Å²) in [6.07, 6.45) is 8.45. The quantitative estimate of drug-likeness (QED) is 0.849. The minimum Gasteiger partial charge on any atom is -0.481 e. The molecule has 0 saturated heterocycles. The van der Waals surface area contributed by atoms with Crippen LogP contribution in [0.5, 0.6) is 5.88 Å². The van der Waals surface area contributed by atoms with Crippen LogP contribution in [-0.4, -0.2) is 18.2 Å². The van der Waals surface area contributed by atoms with E-state index in [-0.39, 0.29) is 0 Å². The summed E-state index contributed by atoms with van der Waals surface area (Å²) in [5.41, 5.74) is 1.01. The molecule has 0 aliphatic heterocycles. The second-order valence-electron chi connectivity index (χ2n) is 4.39. The van der Waals surface area contributed by atoms with Gasteiger partial charge in [-0.1, -0.05) is 19.3 Å². The van der Waals surface area contributed by atoms with Gasteiger partial charge in [-0.3, -0.25) is 0 Å². The smallest absolute Gasteiger partial charge is 0.218 e. The van der Waals surface area contributed by atoms with Crippen molar-refractivity contribution in [2.24, 2.45) is 0 Å². The fraction of sp³-hybridized carbons (Fsp3) is 0.615. The van der Waals surface area contributed by atoms with Gasteiger partial charge in [0.1, 0.15) is 0 Å². The van der Waals surface area contributed by atoms with E-state index in [1.165, 1.54) is 32.1 Å². The zero-order valence-electron chi connectivity index (χ0n) is 10.1. The molecule has 1 heterocycles. The van der Waals surface area contributed by atoms with Crippen LogP contribution in [-0.2, 0) is 11.3 Å². The van der Waals surface area contributed by atoms with E-state index >= 15 is 0 Å². The number of hydrogen-bond donors (Lipinski definition) is 0. The Hall–Kier alpha value is -0.610. The van der Waals surface area contributed by atoms with Crippen LogP contribution >= 0.6 is 15.9 Å². The Balaban J connectivity index is 1.95. The van der Waals surface area contributed by atoms with Crippen LogP contribution in [0.15, 0.2) is 16.7 Å². The molecule has 3 nitrogen and oxygen atoms in total. The molecule has 0 radical (unpaired) electrons. The van der Waals surface area contributed by atoms with E-state index in [1.807, 2.05) is 6.07 Å². The number of pyridine rings is 1. The minimum absolute atomic E-state index is 0.410. The molecule has 0 spiro atoms. The molecule has 1 aliphatic rings. The second kappa shape index (κ2) is 6.36. The third kappa shape index (κ3) is 3.68. The highest BCUT2D eigenvalue weighted by molar-refractivity contribution is 9.10. The molecule has 2 rings (SSSR count). The van der Waals surface area contributed by atoms with Crippen LogP contribution in [0.2, 0.25) is 0 Å². The van der Waals surface area contributed by atoms with Gasteiger partial charge >= 0.3 is 0 Å². The third-order valence-corrected chi connectivity index (χ3v) is 3.55. The zero-order chi connectivity index (χ0) is 12.1. The molecule has 0 unspecified atom stereocenters. The van der Waals surface area contributed by atoms with E-state index in [9.17, 15) is 0 Å². The van der Waals surface area contributed by atoms with E-state index in [0.29, 0.717) is 18.6 Å². The maximum Gasteiger partial charge on any atom is 0.218 e. The van der Waals surface area contributed by atoms with Gasteiger partial charge in [-0.15, -0.1) is 0 Å². The molecular formula is C13H18BrNO2. The molecule has 0 aromatic carbocycles. The van der Waals surface area contributed by atoms with Crippen molar-refractivity contribution in [3.63, 3.8) is 0 Å². The molecule has 0 amide bonds. The van der Waals surface area contributed by atoms with Crippen LogP contribution in [0.3, 0.4) is 0 Å². The monoisotopic (exact) mass is 299 g/mol. The Bertz CT molecular complexity index is 364. The van der Waals surface area contributed by atoms with Crippen molar-refractivity contribution in [2.75, 3.05) is 7.11 Å². The van der Waals surface area contributed by atoms with Crippen LogP contribution in [0.25, 0.3) is 0 Å². The number of methoxy groups -OCH3 is 1. The van der Waals surface area contributed by atoms with Crippen LogP contribution in [0.1, 0.15) is 37.7 Å². The van der Waals surface area contributed by atoms with E-state index in [0.717, 1.165) is 10.0 Å². The standard InChI is InChI=1S/C13H18BrNO2/c1-16-13-10(7-11(14)8-15-13)9-17-12-5-3-2-4-6-12/h7-8,12H,2-6,9H2,1H3. The lowest BCUT2D eigenvalue weighted by Crippen LogP contribution is -2.16. The summed E-state index contributed by atoms with van der Waals surface area (Å²) in [6, 6.07) is 2.01. The van der Waals surface area contributed by atoms with Gasteiger partial charge in [0.25, 0.3) is 0 Å². The fourth-order valence-electron chi connectivity index (χ4n) is 2.20. The summed E-state index contributed by atoms with van der Waals surface area (Å²) < 4.78 is 12.1. The van der Waals surface area contributed by atoms with Crippen molar-refractivity contribution < 1.29 is 9.47 Å². The fourth-order valence-corrected chi connectivity index (χ4v) is 2.57. The number of aromatic nitrogens is 1. The lowest BCUT2D eigenvalue weighted by molar-refractivity contribution is 0.0158. The van der Waals surface area contributed by atoms with Crippen molar-refractivity contribution in [1.29, 1.82) is 0 Å². The van der Waals surface area contributed by atoms with Gasteiger partial charge in [-0.05, 0) is 34.8 Å². The average molecular weight is 300 g/mol. The Labute approximate surface area is 111 Å². The highest BCUT2D eigenvalue weighted by atomic mass is 79.9. The SMILES string of the molecule is COc1ncc(Br)cc1COC1CCCCC1. The molecule has 94 valence electrons. The summed E-state index contributed by atoms with van der Waals surface area (Å²) in [5.74, 6) is 0.656. The summed E-state index contributed by atoms with van der Waals surface area (Å²) >= 11 is 3.42. The largest absolute Gasteiger partial charge is 0.481 e. The first-order chi connectivity index (χ1) is 8.29. The summed E-state index contributed by atoms with van der Waals surface area (Å²) in [4.78, 5) is 4.21. The lowest BCUT2D eigenvalue weighted by Gasteiger charge is -2.22. The lowest BCUT2D eigenvalue weighted by atomic mass is 9.98. The first-order valence-corrected chi connectivity index (χ1v) is 6.89. The van der Waals surface area contributed by atoms with E-state index in [1.54, 1.807) is 13.3 Å². The Morgan fingerprint density at radius 3 is 2.82 bits per heavy atom. The maximum atomic E-state index is 5.93. The molecule has 1 saturated carbocycles. The van der Waals surface area contributed by atoms with E-state index in [4.69, 9.17) is 9.47 Å². The third-order valence-electron chi connectivity index (χ3n) is 3.11. The molecule has 1 fully saturated rings. The number of nitrogens with zero attached hydrogens (tertiary/aromatic N) is 1.